The average molecular weight is 237 g/mol. The largest absolute Gasteiger partial charge is 0.339 e. The Morgan fingerprint density at radius 2 is 2.18 bits per heavy atom. The predicted octanol–water partition coefficient (Wildman–Crippen LogP) is 2.51. The highest BCUT2D eigenvalue weighted by molar-refractivity contribution is 4.98. The van der Waals surface area contributed by atoms with Crippen LogP contribution < -0.4 is 5.32 Å². The second-order valence-electron chi connectivity index (χ2n) is 6.36. The first kappa shape index (κ1) is 12.6. The van der Waals surface area contributed by atoms with Gasteiger partial charge in [-0.15, -0.1) is 0 Å². The second kappa shape index (κ2) is 4.77. The molecule has 0 radical (unpaired) electrons. The maximum atomic E-state index is 5.41. The van der Waals surface area contributed by atoms with Crippen molar-refractivity contribution in [2.75, 3.05) is 6.54 Å². The molecule has 1 saturated heterocycles. The third kappa shape index (κ3) is 3.53. The number of aromatic nitrogens is 2. The molecule has 2 rings (SSSR count). The van der Waals surface area contributed by atoms with Gasteiger partial charge in [0.1, 0.15) is 0 Å². The van der Waals surface area contributed by atoms with Crippen LogP contribution in [0.3, 0.4) is 0 Å². The van der Waals surface area contributed by atoms with Gasteiger partial charge in [0.05, 0.1) is 0 Å². The van der Waals surface area contributed by atoms with Crippen molar-refractivity contribution in [3.05, 3.63) is 11.7 Å². The van der Waals surface area contributed by atoms with E-state index in [1.165, 1.54) is 0 Å². The van der Waals surface area contributed by atoms with Gasteiger partial charge in [-0.2, -0.15) is 4.98 Å². The summed E-state index contributed by atoms with van der Waals surface area (Å²) >= 11 is 0. The van der Waals surface area contributed by atoms with Gasteiger partial charge in [0.2, 0.25) is 5.89 Å². The van der Waals surface area contributed by atoms with E-state index in [1.807, 2.05) is 0 Å². The number of piperidine rings is 1. The highest BCUT2D eigenvalue weighted by atomic mass is 16.5. The third-order valence-electron chi connectivity index (χ3n) is 3.15. The number of hydrogen-bond donors (Lipinski definition) is 1. The van der Waals surface area contributed by atoms with Gasteiger partial charge >= 0.3 is 0 Å². The van der Waals surface area contributed by atoms with Gasteiger partial charge in [-0.05, 0) is 31.7 Å². The van der Waals surface area contributed by atoms with Gasteiger partial charge in [0.15, 0.2) is 5.82 Å². The molecule has 96 valence electrons. The van der Waals surface area contributed by atoms with Crippen LogP contribution in [0.1, 0.15) is 58.2 Å². The first-order chi connectivity index (χ1) is 7.94. The number of hydrogen-bond acceptors (Lipinski definition) is 4. The first-order valence-electron chi connectivity index (χ1n) is 6.50. The highest BCUT2D eigenvalue weighted by Gasteiger charge is 2.25. The van der Waals surface area contributed by atoms with E-state index in [2.05, 4.69) is 43.2 Å². The molecule has 2 atom stereocenters. The van der Waals surface area contributed by atoms with E-state index in [9.17, 15) is 0 Å². The van der Waals surface area contributed by atoms with Crippen LogP contribution >= 0.6 is 0 Å². The van der Waals surface area contributed by atoms with Gasteiger partial charge in [-0.3, -0.25) is 0 Å². The summed E-state index contributed by atoms with van der Waals surface area (Å²) in [4.78, 5) is 4.55. The van der Waals surface area contributed by atoms with Crippen molar-refractivity contribution >= 4 is 0 Å². The van der Waals surface area contributed by atoms with Gasteiger partial charge in [0.25, 0.3) is 0 Å². The smallest absolute Gasteiger partial charge is 0.229 e. The number of nitrogens with zero attached hydrogens (tertiary/aromatic N) is 2. The van der Waals surface area contributed by atoms with Gasteiger partial charge in [-0.25, -0.2) is 0 Å². The van der Waals surface area contributed by atoms with Crippen LogP contribution in [0.15, 0.2) is 4.52 Å². The molecule has 4 heteroatoms. The van der Waals surface area contributed by atoms with Gasteiger partial charge < -0.3 is 9.84 Å². The molecular weight excluding hydrogens is 214 g/mol. The minimum absolute atomic E-state index is 0.211. The zero-order chi connectivity index (χ0) is 12.5. The van der Waals surface area contributed by atoms with Crippen molar-refractivity contribution < 1.29 is 4.52 Å². The Bertz CT molecular complexity index is 367. The lowest BCUT2D eigenvalue weighted by atomic mass is 9.91. The molecule has 1 aromatic heterocycles. The minimum Gasteiger partial charge on any atom is -0.339 e. The molecule has 0 aromatic carbocycles. The van der Waals surface area contributed by atoms with Gasteiger partial charge in [-0.1, -0.05) is 25.9 Å². The zero-order valence-electron chi connectivity index (χ0n) is 11.3. The lowest BCUT2D eigenvalue weighted by Gasteiger charge is -2.25. The van der Waals surface area contributed by atoms with Crippen LogP contribution in [0, 0.1) is 5.41 Å². The molecule has 2 unspecified atom stereocenters. The predicted molar refractivity (Wildman–Crippen MR) is 66.9 cm³/mol. The molecule has 1 aliphatic rings. The van der Waals surface area contributed by atoms with Crippen molar-refractivity contribution in [1.82, 2.24) is 15.5 Å². The summed E-state index contributed by atoms with van der Waals surface area (Å²) in [5.74, 6) is 2.11. The summed E-state index contributed by atoms with van der Waals surface area (Å²) in [6.07, 6.45) is 3.07. The third-order valence-corrected chi connectivity index (χ3v) is 3.15. The SMILES string of the molecule is CC1CC(c2nc(CC(C)(C)C)no2)CCN1. The molecule has 0 aliphatic carbocycles. The Balaban J connectivity index is 2.02. The summed E-state index contributed by atoms with van der Waals surface area (Å²) in [5.41, 5.74) is 0.211. The van der Waals surface area contributed by atoms with Crippen LogP contribution in [0.4, 0.5) is 0 Å². The van der Waals surface area contributed by atoms with Crippen molar-refractivity contribution in [2.45, 2.75) is 58.9 Å². The van der Waals surface area contributed by atoms with Crippen LogP contribution in [-0.2, 0) is 6.42 Å². The average Bonchev–Trinajstić information content (AvgIpc) is 2.63. The quantitative estimate of drug-likeness (QED) is 0.858. The van der Waals surface area contributed by atoms with E-state index in [4.69, 9.17) is 4.52 Å². The molecule has 1 N–H and O–H groups in total. The van der Waals surface area contributed by atoms with Crippen molar-refractivity contribution in [1.29, 1.82) is 0 Å². The topological polar surface area (TPSA) is 51.0 Å². The monoisotopic (exact) mass is 237 g/mol. The molecular formula is C13H23N3O. The summed E-state index contributed by atoms with van der Waals surface area (Å²) in [6, 6.07) is 0.548. The molecule has 1 aliphatic heterocycles. The van der Waals surface area contributed by atoms with Gasteiger partial charge in [0, 0.05) is 18.4 Å². The number of nitrogens with one attached hydrogen (secondary N) is 1. The molecule has 1 aromatic rings. The maximum absolute atomic E-state index is 5.41. The zero-order valence-corrected chi connectivity index (χ0v) is 11.3. The van der Waals surface area contributed by atoms with Crippen LogP contribution in [0.5, 0.6) is 0 Å². The van der Waals surface area contributed by atoms with E-state index >= 15 is 0 Å². The molecule has 0 spiro atoms. The summed E-state index contributed by atoms with van der Waals surface area (Å²) in [5, 5.41) is 7.53. The van der Waals surface area contributed by atoms with E-state index in [-0.39, 0.29) is 5.41 Å². The first-order valence-corrected chi connectivity index (χ1v) is 6.50. The van der Waals surface area contributed by atoms with Crippen LogP contribution in [-0.4, -0.2) is 22.7 Å². The molecule has 0 bridgehead atoms. The van der Waals surface area contributed by atoms with Crippen LogP contribution in [0.25, 0.3) is 0 Å². The fourth-order valence-electron chi connectivity index (χ4n) is 2.34. The Morgan fingerprint density at radius 1 is 1.41 bits per heavy atom. The molecule has 2 heterocycles. The molecule has 0 saturated carbocycles. The molecule has 0 amide bonds. The van der Waals surface area contributed by atoms with E-state index in [0.717, 1.165) is 37.5 Å². The Labute approximate surface area is 103 Å². The maximum Gasteiger partial charge on any atom is 0.229 e. The minimum atomic E-state index is 0.211. The molecule has 17 heavy (non-hydrogen) atoms. The summed E-state index contributed by atoms with van der Waals surface area (Å²) in [6.45, 7) is 9.82. The highest BCUT2D eigenvalue weighted by Crippen LogP contribution is 2.27. The van der Waals surface area contributed by atoms with E-state index in [1.54, 1.807) is 0 Å². The van der Waals surface area contributed by atoms with E-state index < -0.39 is 0 Å². The van der Waals surface area contributed by atoms with Crippen molar-refractivity contribution in [3.8, 4) is 0 Å². The lowest BCUT2D eigenvalue weighted by Crippen LogP contribution is -2.34. The molecule has 4 nitrogen and oxygen atoms in total. The fourth-order valence-corrected chi connectivity index (χ4v) is 2.34. The Morgan fingerprint density at radius 3 is 2.82 bits per heavy atom. The van der Waals surface area contributed by atoms with Crippen molar-refractivity contribution in [3.63, 3.8) is 0 Å². The summed E-state index contributed by atoms with van der Waals surface area (Å²) in [7, 11) is 0. The lowest BCUT2D eigenvalue weighted by molar-refractivity contribution is 0.292. The normalized spacial score (nSPS) is 26.1. The Hall–Kier alpha value is -0.900. The van der Waals surface area contributed by atoms with E-state index in [0.29, 0.717) is 12.0 Å². The number of rotatable bonds is 2. The standard InChI is InChI=1S/C13H23N3O/c1-9-7-10(5-6-14-9)12-15-11(16-17-12)8-13(2,3)4/h9-10,14H,5-8H2,1-4H3. The summed E-state index contributed by atoms with van der Waals surface area (Å²) < 4.78 is 5.41. The van der Waals surface area contributed by atoms with Crippen LogP contribution in [0.2, 0.25) is 0 Å². The molecule has 1 fully saturated rings. The van der Waals surface area contributed by atoms with Crippen molar-refractivity contribution in [2.24, 2.45) is 5.41 Å². The second-order valence-corrected chi connectivity index (χ2v) is 6.36. The fraction of sp³-hybridized carbons (Fsp3) is 0.846. The Kier molecular flexibility index (Phi) is 3.52.